The Labute approximate surface area is 107 Å². The molecule has 3 heteroatoms. The number of rotatable bonds is 6. The van der Waals surface area contributed by atoms with E-state index in [1.165, 1.54) is 5.56 Å². The molecule has 1 atom stereocenters. The lowest BCUT2D eigenvalue weighted by Gasteiger charge is -2.20. The molecule has 90 valence electrons. The Morgan fingerprint density at radius 1 is 1.44 bits per heavy atom. The first-order valence-corrected chi connectivity index (χ1v) is 6.57. The first-order valence-electron chi connectivity index (χ1n) is 5.78. The van der Waals surface area contributed by atoms with Crippen molar-refractivity contribution in [2.75, 3.05) is 20.1 Å². The minimum atomic E-state index is 0.518. The largest absolute Gasteiger partial charge is 0.309 e. The number of hydrogen-bond acceptors (Lipinski definition) is 2. The predicted octanol–water partition coefficient (Wildman–Crippen LogP) is 2.88. The van der Waals surface area contributed by atoms with Crippen LogP contribution in [0, 0.1) is 0 Å². The van der Waals surface area contributed by atoms with E-state index in [0.29, 0.717) is 6.04 Å². The third-order valence-corrected chi connectivity index (χ3v) is 3.16. The van der Waals surface area contributed by atoms with Crippen LogP contribution in [0.4, 0.5) is 0 Å². The van der Waals surface area contributed by atoms with Gasteiger partial charge in [0.1, 0.15) is 0 Å². The van der Waals surface area contributed by atoms with Gasteiger partial charge >= 0.3 is 0 Å². The van der Waals surface area contributed by atoms with Gasteiger partial charge in [0, 0.05) is 23.6 Å². The fourth-order valence-corrected chi connectivity index (χ4v) is 2.05. The molecule has 1 aromatic carbocycles. The van der Waals surface area contributed by atoms with E-state index in [1.54, 1.807) is 0 Å². The Morgan fingerprint density at radius 2 is 2.19 bits per heavy atom. The maximum atomic E-state index is 3.53. The predicted molar refractivity (Wildman–Crippen MR) is 73.6 cm³/mol. The molecular formula is C13H21BrN2. The van der Waals surface area contributed by atoms with Gasteiger partial charge in [-0.2, -0.15) is 0 Å². The van der Waals surface area contributed by atoms with Gasteiger partial charge in [0.05, 0.1) is 0 Å². The SMILES string of the molecule is CCN(C)CC(C)NCc1cccc(Br)c1. The minimum absolute atomic E-state index is 0.518. The zero-order valence-electron chi connectivity index (χ0n) is 10.3. The van der Waals surface area contributed by atoms with Crippen molar-refractivity contribution < 1.29 is 0 Å². The molecule has 0 amide bonds. The summed E-state index contributed by atoms with van der Waals surface area (Å²) in [5.41, 5.74) is 1.32. The van der Waals surface area contributed by atoms with E-state index in [-0.39, 0.29) is 0 Å². The molecular weight excluding hydrogens is 264 g/mol. The molecule has 0 aliphatic heterocycles. The maximum absolute atomic E-state index is 3.53. The molecule has 0 fully saturated rings. The molecule has 1 N–H and O–H groups in total. The number of nitrogens with one attached hydrogen (secondary N) is 1. The van der Waals surface area contributed by atoms with Gasteiger partial charge in [0.15, 0.2) is 0 Å². The Hall–Kier alpha value is -0.380. The Kier molecular flexibility index (Phi) is 6.03. The normalized spacial score (nSPS) is 13.1. The summed E-state index contributed by atoms with van der Waals surface area (Å²) in [6.07, 6.45) is 0. The molecule has 0 saturated heterocycles. The minimum Gasteiger partial charge on any atom is -0.309 e. The van der Waals surface area contributed by atoms with Gasteiger partial charge in [0.25, 0.3) is 0 Å². The van der Waals surface area contributed by atoms with E-state index in [0.717, 1.165) is 24.1 Å². The lowest BCUT2D eigenvalue weighted by Crippen LogP contribution is -2.36. The van der Waals surface area contributed by atoms with E-state index in [9.17, 15) is 0 Å². The monoisotopic (exact) mass is 284 g/mol. The molecule has 16 heavy (non-hydrogen) atoms. The van der Waals surface area contributed by atoms with Crippen LogP contribution in [-0.4, -0.2) is 31.1 Å². The Bertz CT molecular complexity index is 315. The lowest BCUT2D eigenvalue weighted by molar-refractivity contribution is 0.309. The molecule has 0 aromatic heterocycles. The molecule has 0 aliphatic carbocycles. The number of nitrogens with zero attached hydrogens (tertiary/aromatic N) is 1. The van der Waals surface area contributed by atoms with E-state index >= 15 is 0 Å². The second kappa shape index (κ2) is 7.05. The van der Waals surface area contributed by atoms with Crippen LogP contribution in [0.5, 0.6) is 0 Å². The van der Waals surface area contributed by atoms with Crippen LogP contribution < -0.4 is 5.32 Å². The second-order valence-electron chi connectivity index (χ2n) is 4.27. The number of halogens is 1. The van der Waals surface area contributed by atoms with Crippen molar-refractivity contribution in [1.82, 2.24) is 10.2 Å². The fourth-order valence-electron chi connectivity index (χ4n) is 1.60. The van der Waals surface area contributed by atoms with Gasteiger partial charge in [0.2, 0.25) is 0 Å². The molecule has 0 aliphatic rings. The lowest BCUT2D eigenvalue weighted by atomic mass is 10.2. The first-order chi connectivity index (χ1) is 7.61. The third kappa shape index (κ3) is 5.10. The number of likely N-dealkylation sites (N-methyl/N-ethyl adjacent to an activating group) is 1. The first kappa shape index (κ1) is 13.7. The average molecular weight is 285 g/mol. The van der Waals surface area contributed by atoms with Crippen LogP contribution in [0.1, 0.15) is 19.4 Å². The summed E-state index contributed by atoms with van der Waals surface area (Å²) in [6, 6.07) is 8.95. The van der Waals surface area contributed by atoms with Crippen LogP contribution in [0.3, 0.4) is 0 Å². The summed E-state index contributed by atoms with van der Waals surface area (Å²) in [4.78, 5) is 2.32. The number of benzene rings is 1. The summed E-state index contributed by atoms with van der Waals surface area (Å²) in [7, 11) is 2.15. The molecule has 1 rings (SSSR count). The van der Waals surface area contributed by atoms with Crippen LogP contribution in [0.2, 0.25) is 0 Å². The highest BCUT2D eigenvalue weighted by molar-refractivity contribution is 9.10. The van der Waals surface area contributed by atoms with Crippen LogP contribution in [0.15, 0.2) is 28.7 Å². The summed E-state index contributed by atoms with van der Waals surface area (Å²) in [6.45, 7) is 7.52. The summed E-state index contributed by atoms with van der Waals surface area (Å²) >= 11 is 3.48. The molecule has 0 heterocycles. The standard InChI is InChI=1S/C13H21BrN2/c1-4-16(3)10-11(2)15-9-12-6-5-7-13(14)8-12/h5-8,11,15H,4,9-10H2,1-3H3. The third-order valence-electron chi connectivity index (χ3n) is 2.67. The van der Waals surface area contributed by atoms with Crippen LogP contribution >= 0.6 is 15.9 Å². The van der Waals surface area contributed by atoms with Gasteiger partial charge in [-0.25, -0.2) is 0 Å². The summed E-state index contributed by atoms with van der Waals surface area (Å²) in [5, 5.41) is 3.53. The molecule has 2 nitrogen and oxygen atoms in total. The Morgan fingerprint density at radius 3 is 2.81 bits per heavy atom. The van der Waals surface area contributed by atoms with E-state index in [4.69, 9.17) is 0 Å². The van der Waals surface area contributed by atoms with Crippen molar-refractivity contribution in [3.8, 4) is 0 Å². The zero-order valence-corrected chi connectivity index (χ0v) is 11.9. The van der Waals surface area contributed by atoms with Gasteiger partial charge in [-0.15, -0.1) is 0 Å². The number of hydrogen-bond donors (Lipinski definition) is 1. The van der Waals surface area contributed by atoms with Crippen molar-refractivity contribution in [2.45, 2.75) is 26.4 Å². The van der Waals surface area contributed by atoms with Crippen molar-refractivity contribution in [2.24, 2.45) is 0 Å². The average Bonchev–Trinajstić information content (AvgIpc) is 2.26. The van der Waals surface area contributed by atoms with Gasteiger partial charge < -0.3 is 10.2 Å². The summed E-state index contributed by atoms with van der Waals surface area (Å²) < 4.78 is 1.14. The van der Waals surface area contributed by atoms with Crippen molar-refractivity contribution in [3.63, 3.8) is 0 Å². The van der Waals surface area contributed by atoms with Crippen molar-refractivity contribution >= 4 is 15.9 Å². The molecule has 0 radical (unpaired) electrons. The second-order valence-corrected chi connectivity index (χ2v) is 5.18. The topological polar surface area (TPSA) is 15.3 Å². The van der Waals surface area contributed by atoms with Gasteiger partial charge in [-0.05, 0) is 38.2 Å². The van der Waals surface area contributed by atoms with E-state index < -0.39 is 0 Å². The highest BCUT2D eigenvalue weighted by Crippen LogP contribution is 2.11. The van der Waals surface area contributed by atoms with Crippen molar-refractivity contribution in [3.05, 3.63) is 34.3 Å². The van der Waals surface area contributed by atoms with Crippen molar-refractivity contribution in [1.29, 1.82) is 0 Å². The van der Waals surface area contributed by atoms with Crippen LogP contribution in [-0.2, 0) is 6.54 Å². The maximum Gasteiger partial charge on any atom is 0.0208 e. The van der Waals surface area contributed by atoms with E-state index in [1.807, 2.05) is 0 Å². The highest BCUT2D eigenvalue weighted by Gasteiger charge is 2.04. The zero-order chi connectivity index (χ0) is 12.0. The quantitative estimate of drug-likeness (QED) is 0.864. The highest BCUT2D eigenvalue weighted by atomic mass is 79.9. The molecule has 0 spiro atoms. The smallest absolute Gasteiger partial charge is 0.0208 e. The summed E-state index contributed by atoms with van der Waals surface area (Å²) in [5.74, 6) is 0. The van der Waals surface area contributed by atoms with Crippen LogP contribution in [0.25, 0.3) is 0 Å². The molecule has 0 bridgehead atoms. The fraction of sp³-hybridized carbons (Fsp3) is 0.538. The molecule has 0 saturated carbocycles. The van der Waals surface area contributed by atoms with Gasteiger partial charge in [-0.1, -0.05) is 35.0 Å². The Balaban J connectivity index is 2.34. The van der Waals surface area contributed by atoms with E-state index in [2.05, 4.69) is 71.3 Å². The molecule has 1 aromatic rings. The van der Waals surface area contributed by atoms with Gasteiger partial charge in [-0.3, -0.25) is 0 Å². The molecule has 1 unspecified atom stereocenters.